The minimum Gasteiger partial charge on any atom is -0.452 e. The Bertz CT molecular complexity index is 397. The van der Waals surface area contributed by atoms with Gasteiger partial charge in [0.1, 0.15) is 0 Å². The predicted molar refractivity (Wildman–Crippen MR) is 62.5 cm³/mol. The van der Waals surface area contributed by atoms with E-state index in [2.05, 4.69) is 17.5 Å². The molecule has 0 saturated carbocycles. The molecule has 1 aromatic heterocycles. The smallest absolute Gasteiger partial charge is 0.256 e. The highest BCUT2D eigenvalue weighted by Gasteiger charge is 2.15. The number of furan rings is 1. The number of amides is 1. The molecule has 1 aromatic rings. The van der Waals surface area contributed by atoms with Gasteiger partial charge >= 0.3 is 0 Å². The second-order valence-electron chi connectivity index (χ2n) is 3.97. The van der Waals surface area contributed by atoms with Crippen molar-refractivity contribution in [3.8, 4) is 0 Å². The van der Waals surface area contributed by atoms with Gasteiger partial charge in [-0.05, 0) is 42.8 Å². The molecule has 1 aliphatic carbocycles. The molecular formula is C12H14ClNO2. The normalized spacial score (nSPS) is 19.7. The van der Waals surface area contributed by atoms with Crippen molar-refractivity contribution < 1.29 is 9.21 Å². The van der Waals surface area contributed by atoms with Gasteiger partial charge in [-0.15, -0.1) is 0 Å². The quantitative estimate of drug-likeness (QED) is 0.824. The lowest BCUT2D eigenvalue weighted by Gasteiger charge is -2.17. The number of halogens is 1. The molecule has 0 saturated heterocycles. The van der Waals surface area contributed by atoms with Crippen LogP contribution in [0.15, 0.2) is 28.9 Å². The predicted octanol–water partition coefficient (Wildman–Crippen LogP) is 3.02. The zero-order valence-corrected chi connectivity index (χ0v) is 9.67. The van der Waals surface area contributed by atoms with Crippen LogP contribution in [0.2, 0.25) is 5.22 Å². The maximum Gasteiger partial charge on any atom is 0.256 e. The van der Waals surface area contributed by atoms with Gasteiger partial charge in [0.2, 0.25) is 5.22 Å². The van der Waals surface area contributed by atoms with E-state index < -0.39 is 0 Å². The Morgan fingerprint density at radius 3 is 3.06 bits per heavy atom. The molecule has 1 heterocycles. The molecule has 1 amide bonds. The topological polar surface area (TPSA) is 42.2 Å². The van der Waals surface area contributed by atoms with Crippen LogP contribution in [-0.2, 0) is 0 Å². The molecule has 0 bridgehead atoms. The number of hydrogen-bond donors (Lipinski definition) is 1. The van der Waals surface area contributed by atoms with Crippen molar-refractivity contribution >= 4 is 17.5 Å². The van der Waals surface area contributed by atoms with Crippen LogP contribution in [0.25, 0.3) is 0 Å². The molecule has 1 atom stereocenters. The van der Waals surface area contributed by atoms with Crippen molar-refractivity contribution in [2.24, 2.45) is 5.92 Å². The number of rotatable bonds is 3. The van der Waals surface area contributed by atoms with Crippen molar-refractivity contribution in [2.45, 2.75) is 19.3 Å². The lowest BCUT2D eigenvalue weighted by Crippen LogP contribution is -2.29. The van der Waals surface area contributed by atoms with Gasteiger partial charge in [0.05, 0.1) is 11.8 Å². The van der Waals surface area contributed by atoms with Gasteiger partial charge in [-0.3, -0.25) is 4.79 Å². The fourth-order valence-corrected chi connectivity index (χ4v) is 2.03. The van der Waals surface area contributed by atoms with Crippen LogP contribution in [0, 0.1) is 5.92 Å². The van der Waals surface area contributed by atoms with Crippen LogP contribution in [0.3, 0.4) is 0 Å². The Kier molecular flexibility index (Phi) is 3.67. The number of nitrogens with one attached hydrogen (secondary N) is 1. The van der Waals surface area contributed by atoms with Gasteiger partial charge in [0.25, 0.3) is 5.91 Å². The first-order valence-corrected chi connectivity index (χ1v) is 5.81. The van der Waals surface area contributed by atoms with Crippen LogP contribution in [0.1, 0.15) is 29.6 Å². The summed E-state index contributed by atoms with van der Waals surface area (Å²) in [6.07, 6.45) is 9.05. The number of carbonyl (C=O) groups is 1. The van der Waals surface area contributed by atoms with Gasteiger partial charge < -0.3 is 9.73 Å². The van der Waals surface area contributed by atoms with Gasteiger partial charge in [-0.2, -0.15) is 0 Å². The lowest BCUT2D eigenvalue weighted by atomic mass is 9.94. The van der Waals surface area contributed by atoms with E-state index in [1.165, 1.54) is 6.26 Å². The average Bonchev–Trinajstić information content (AvgIpc) is 2.74. The second kappa shape index (κ2) is 5.21. The maximum atomic E-state index is 11.7. The minimum absolute atomic E-state index is 0.154. The minimum atomic E-state index is -0.159. The zero-order chi connectivity index (χ0) is 11.4. The third kappa shape index (κ3) is 2.67. The Balaban J connectivity index is 1.84. The van der Waals surface area contributed by atoms with Crippen LogP contribution < -0.4 is 5.32 Å². The van der Waals surface area contributed by atoms with E-state index in [0.29, 0.717) is 18.0 Å². The van der Waals surface area contributed by atoms with E-state index in [1.54, 1.807) is 6.07 Å². The molecule has 0 aromatic carbocycles. The molecule has 4 heteroatoms. The molecule has 3 nitrogen and oxygen atoms in total. The second-order valence-corrected chi connectivity index (χ2v) is 4.31. The summed E-state index contributed by atoms with van der Waals surface area (Å²) in [5.41, 5.74) is 0.410. The summed E-state index contributed by atoms with van der Waals surface area (Å²) in [5.74, 6) is 0.382. The van der Waals surface area contributed by atoms with E-state index >= 15 is 0 Å². The molecule has 16 heavy (non-hydrogen) atoms. The van der Waals surface area contributed by atoms with Gasteiger partial charge in [0.15, 0.2) is 0 Å². The van der Waals surface area contributed by atoms with E-state index in [1.807, 2.05) is 0 Å². The number of carbonyl (C=O) groups excluding carboxylic acids is 1. The largest absolute Gasteiger partial charge is 0.452 e. The summed E-state index contributed by atoms with van der Waals surface area (Å²) in [6.45, 7) is 0.699. The Morgan fingerprint density at radius 2 is 2.44 bits per heavy atom. The Hall–Kier alpha value is -1.22. The van der Waals surface area contributed by atoms with Crippen LogP contribution in [0.4, 0.5) is 0 Å². The van der Waals surface area contributed by atoms with Gasteiger partial charge in [0, 0.05) is 6.54 Å². The molecule has 2 rings (SSSR count). The Labute approximate surface area is 99.5 Å². The highest BCUT2D eigenvalue weighted by Crippen LogP contribution is 2.19. The highest BCUT2D eigenvalue weighted by molar-refractivity contribution is 6.32. The monoisotopic (exact) mass is 239 g/mol. The van der Waals surface area contributed by atoms with Crippen LogP contribution in [-0.4, -0.2) is 12.5 Å². The molecule has 0 aliphatic heterocycles. The van der Waals surface area contributed by atoms with Crippen molar-refractivity contribution in [2.75, 3.05) is 6.54 Å². The van der Waals surface area contributed by atoms with Crippen molar-refractivity contribution in [3.63, 3.8) is 0 Å². The lowest BCUT2D eigenvalue weighted by molar-refractivity contribution is 0.0946. The summed E-state index contributed by atoms with van der Waals surface area (Å²) < 4.78 is 4.87. The maximum absolute atomic E-state index is 11.7. The molecule has 0 fully saturated rings. The first kappa shape index (κ1) is 11.3. The third-order valence-corrected chi connectivity index (χ3v) is 3.08. The molecule has 1 aliphatic rings. The van der Waals surface area contributed by atoms with E-state index in [0.717, 1.165) is 19.3 Å². The first-order valence-electron chi connectivity index (χ1n) is 5.43. The number of hydrogen-bond acceptors (Lipinski definition) is 2. The van der Waals surface area contributed by atoms with E-state index in [4.69, 9.17) is 16.0 Å². The Morgan fingerprint density at radius 1 is 1.56 bits per heavy atom. The van der Waals surface area contributed by atoms with Crippen molar-refractivity contribution in [1.82, 2.24) is 5.32 Å². The molecule has 86 valence electrons. The molecule has 0 radical (unpaired) electrons. The summed E-state index contributed by atoms with van der Waals surface area (Å²) >= 11 is 5.72. The van der Waals surface area contributed by atoms with E-state index in [9.17, 15) is 4.79 Å². The zero-order valence-electron chi connectivity index (χ0n) is 8.91. The highest BCUT2D eigenvalue weighted by atomic mass is 35.5. The van der Waals surface area contributed by atoms with Crippen molar-refractivity contribution in [1.29, 1.82) is 0 Å². The summed E-state index contributed by atoms with van der Waals surface area (Å²) in [6, 6.07) is 1.58. The molecular weight excluding hydrogens is 226 g/mol. The average molecular weight is 240 g/mol. The molecule has 1 unspecified atom stereocenters. The fraction of sp³-hybridized carbons (Fsp3) is 0.417. The van der Waals surface area contributed by atoms with Gasteiger partial charge in [-0.1, -0.05) is 12.2 Å². The van der Waals surface area contributed by atoms with Crippen LogP contribution >= 0.6 is 11.6 Å². The van der Waals surface area contributed by atoms with E-state index in [-0.39, 0.29) is 11.1 Å². The number of allylic oxidation sites excluding steroid dienone is 2. The molecule has 1 N–H and O–H groups in total. The standard InChI is InChI=1S/C12H14ClNO2/c13-11-10(6-7-16-11)12(15)14-8-9-4-2-1-3-5-9/h1-2,6-7,9H,3-5,8H2,(H,14,15). The SMILES string of the molecule is O=C(NCC1CC=CCC1)c1ccoc1Cl. The fourth-order valence-electron chi connectivity index (χ4n) is 1.83. The summed E-state index contributed by atoms with van der Waals surface area (Å²) in [7, 11) is 0. The van der Waals surface area contributed by atoms with Gasteiger partial charge in [-0.25, -0.2) is 0 Å². The van der Waals surface area contributed by atoms with Crippen molar-refractivity contribution in [3.05, 3.63) is 35.3 Å². The third-order valence-electron chi connectivity index (χ3n) is 2.79. The van der Waals surface area contributed by atoms with Crippen LogP contribution in [0.5, 0.6) is 0 Å². The summed E-state index contributed by atoms with van der Waals surface area (Å²) in [4.78, 5) is 11.7. The summed E-state index contributed by atoms with van der Waals surface area (Å²) in [5, 5.41) is 3.03. The molecule has 0 spiro atoms. The first-order chi connectivity index (χ1) is 7.77.